The van der Waals surface area contributed by atoms with Crippen LogP contribution >= 0.6 is 0 Å². The van der Waals surface area contributed by atoms with Gasteiger partial charge in [0.25, 0.3) is 0 Å². The molecule has 1 aliphatic carbocycles. The van der Waals surface area contributed by atoms with Gasteiger partial charge < -0.3 is 9.84 Å². The number of carbonyl (C=O) groups is 1. The van der Waals surface area contributed by atoms with Crippen molar-refractivity contribution in [1.29, 1.82) is 0 Å². The molecule has 3 nitrogen and oxygen atoms in total. The van der Waals surface area contributed by atoms with Gasteiger partial charge in [0.05, 0.1) is 11.5 Å². The zero-order valence-electron chi connectivity index (χ0n) is 12.2. The third kappa shape index (κ3) is 3.47. The van der Waals surface area contributed by atoms with Crippen LogP contribution in [0.2, 0.25) is 0 Å². The Bertz CT molecular complexity index is 263. The summed E-state index contributed by atoms with van der Waals surface area (Å²) in [4.78, 5) is 12.5. The van der Waals surface area contributed by atoms with Crippen LogP contribution in [0.5, 0.6) is 0 Å². The van der Waals surface area contributed by atoms with Crippen molar-refractivity contribution < 1.29 is 14.6 Å². The maximum absolute atomic E-state index is 12.5. The van der Waals surface area contributed by atoms with Crippen LogP contribution in [0.1, 0.15) is 66.2 Å². The normalized spacial score (nSPS) is 23.2. The van der Waals surface area contributed by atoms with Crippen molar-refractivity contribution in [3.63, 3.8) is 0 Å². The van der Waals surface area contributed by atoms with Gasteiger partial charge in [0, 0.05) is 0 Å². The molecule has 1 aliphatic rings. The van der Waals surface area contributed by atoms with Gasteiger partial charge in [0.1, 0.15) is 6.10 Å². The highest BCUT2D eigenvalue weighted by Crippen LogP contribution is 2.42. The van der Waals surface area contributed by atoms with Crippen molar-refractivity contribution in [2.75, 3.05) is 0 Å². The van der Waals surface area contributed by atoms with Crippen LogP contribution in [0.3, 0.4) is 0 Å². The van der Waals surface area contributed by atoms with E-state index in [1.807, 2.05) is 0 Å². The number of aliphatic hydroxyl groups is 1. The molecule has 0 aliphatic heterocycles. The summed E-state index contributed by atoms with van der Waals surface area (Å²) in [6, 6.07) is 0. The van der Waals surface area contributed by atoms with Crippen LogP contribution in [0, 0.1) is 11.3 Å². The topological polar surface area (TPSA) is 46.5 Å². The van der Waals surface area contributed by atoms with Crippen molar-refractivity contribution in [2.24, 2.45) is 11.3 Å². The van der Waals surface area contributed by atoms with Gasteiger partial charge in [0.15, 0.2) is 0 Å². The SMILES string of the molecule is CC(O)C(C)OC(=O)C1(C(C)C)CCCCCC1. The number of rotatable bonds is 4. The van der Waals surface area contributed by atoms with Crippen molar-refractivity contribution >= 4 is 5.97 Å². The molecule has 0 bridgehead atoms. The molecule has 1 saturated carbocycles. The first kappa shape index (κ1) is 15.5. The molecule has 0 aromatic heterocycles. The molecule has 0 aromatic rings. The summed E-state index contributed by atoms with van der Waals surface area (Å²) in [5.74, 6) is 0.192. The lowest BCUT2D eigenvalue weighted by Gasteiger charge is -2.35. The van der Waals surface area contributed by atoms with Gasteiger partial charge in [-0.3, -0.25) is 4.79 Å². The molecule has 1 rings (SSSR count). The zero-order chi connectivity index (χ0) is 13.8. The molecule has 0 aromatic carbocycles. The number of hydrogen-bond donors (Lipinski definition) is 1. The summed E-state index contributed by atoms with van der Waals surface area (Å²) in [5, 5.41) is 9.47. The number of esters is 1. The maximum Gasteiger partial charge on any atom is 0.312 e. The third-order valence-electron chi connectivity index (χ3n) is 4.48. The first-order valence-corrected chi connectivity index (χ1v) is 7.29. The molecule has 106 valence electrons. The molecule has 0 radical (unpaired) electrons. The van der Waals surface area contributed by atoms with Crippen molar-refractivity contribution in [2.45, 2.75) is 78.4 Å². The first-order chi connectivity index (χ1) is 8.40. The Morgan fingerprint density at radius 2 is 1.56 bits per heavy atom. The highest BCUT2D eigenvalue weighted by Gasteiger charge is 2.43. The molecule has 0 saturated heterocycles. The summed E-state index contributed by atoms with van der Waals surface area (Å²) in [7, 11) is 0. The van der Waals surface area contributed by atoms with Crippen LogP contribution in [-0.4, -0.2) is 23.3 Å². The highest BCUT2D eigenvalue weighted by atomic mass is 16.6. The zero-order valence-corrected chi connectivity index (χ0v) is 12.2. The minimum Gasteiger partial charge on any atom is -0.459 e. The third-order valence-corrected chi connectivity index (χ3v) is 4.48. The number of hydrogen-bond acceptors (Lipinski definition) is 3. The van der Waals surface area contributed by atoms with Crippen LogP contribution in [0.4, 0.5) is 0 Å². The molecule has 1 N–H and O–H groups in total. The number of carbonyl (C=O) groups excluding carboxylic acids is 1. The second kappa shape index (κ2) is 6.55. The largest absolute Gasteiger partial charge is 0.459 e. The van der Waals surface area contributed by atoms with E-state index in [4.69, 9.17) is 4.74 Å². The molecule has 2 unspecified atom stereocenters. The predicted molar refractivity (Wildman–Crippen MR) is 72.2 cm³/mol. The van der Waals surface area contributed by atoms with Gasteiger partial charge in [-0.1, -0.05) is 39.5 Å². The van der Waals surface area contributed by atoms with Gasteiger partial charge in [-0.25, -0.2) is 0 Å². The van der Waals surface area contributed by atoms with E-state index in [-0.39, 0.29) is 11.4 Å². The molecule has 18 heavy (non-hydrogen) atoms. The molecule has 3 heteroatoms. The van der Waals surface area contributed by atoms with E-state index >= 15 is 0 Å². The lowest BCUT2D eigenvalue weighted by Crippen LogP contribution is -2.40. The molecular formula is C15H28O3. The average Bonchev–Trinajstić information content (AvgIpc) is 2.54. The summed E-state index contributed by atoms with van der Waals surface area (Å²) in [5.41, 5.74) is -0.334. The summed E-state index contributed by atoms with van der Waals surface area (Å²) in [6.45, 7) is 7.64. The predicted octanol–water partition coefficient (Wildman–Crippen LogP) is 3.30. The van der Waals surface area contributed by atoms with Gasteiger partial charge in [-0.2, -0.15) is 0 Å². The van der Waals surface area contributed by atoms with E-state index in [0.29, 0.717) is 5.92 Å². The molecule has 2 atom stereocenters. The molecular weight excluding hydrogens is 228 g/mol. The summed E-state index contributed by atoms with van der Waals surface area (Å²) >= 11 is 0. The molecule has 1 fully saturated rings. The van der Waals surface area contributed by atoms with E-state index < -0.39 is 12.2 Å². The lowest BCUT2D eigenvalue weighted by atomic mass is 9.71. The Morgan fingerprint density at radius 1 is 1.06 bits per heavy atom. The minimum atomic E-state index is -0.607. The fourth-order valence-electron chi connectivity index (χ4n) is 2.76. The van der Waals surface area contributed by atoms with E-state index in [1.54, 1.807) is 13.8 Å². The highest BCUT2D eigenvalue weighted by molar-refractivity contribution is 5.77. The maximum atomic E-state index is 12.5. The van der Waals surface area contributed by atoms with Crippen LogP contribution < -0.4 is 0 Å². The Balaban J connectivity index is 2.79. The number of ether oxygens (including phenoxy) is 1. The van der Waals surface area contributed by atoms with Crippen LogP contribution in [0.15, 0.2) is 0 Å². The van der Waals surface area contributed by atoms with E-state index in [2.05, 4.69) is 13.8 Å². The van der Waals surface area contributed by atoms with Crippen molar-refractivity contribution in [3.05, 3.63) is 0 Å². The Kier molecular flexibility index (Phi) is 5.64. The van der Waals surface area contributed by atoms with E-state index in [0.717, 1.165) is 25.7 Å². The van der Waals surface area contributed by atoms with Gasteiger partial charge in [-0.05, 0) is 32.6 Å². The minimum absolute atomic E-state index is 0.104. The smallest absolute Gasteiger partial charge is 0.312 e. The summed E-state index contributed by atoms with van der Waals surface area (Å²) < 4.78 is 5.48. The quantitative estimate of drug-likeness (QED) is 0.620. The fourth-order valence-corrected chi connectivity index (χ4v) is 2.76. The van der Waals surface area contributed by atoms with Crippen molar-refractivity contribution in [1.82, 2.24) is 0 Å². The molecule has 0 amide bonds. The Hall–Kier alpha value is -0.570. The monoisotopic (exact) mass is 256 g/mol. The fraction of sp³-hybridized carbons (Fsp3) is 0.933. The van der Waals surface area contributed by atoms with Gasteiger partial charge in [0.2, 0.25) is 0 Å². The van der Waals surface area contributed by atoms with Gasteiger partial charge >= 0.3 is 5.97 Å². The lowest BCUT2D eigenvalue weighted by molar-refractivity contribution is -0.170. The van der Waals surface area contributed by atoms with Crippen LogP contribution in [0.25, 0.3) is 0 Å². The molecule has 0 spiro atoms. The second-order valence-corrected chi connectivity index (χ2v) is 6.08. The van der Waals surface area contributed by atoms with Gasteiger partial charge in [-0.15, -0.1) is 0 Å². The van der Waals surface area contributed by atoms with Crippen molar-refractivity contribution in [3.8, 4) is 0 Å². The average molecular weight is 256 g/mol. The second-order valence-electron chi connectivity index (χ2n) is 6.08. The van der Waals surface area contributed by atoms with E-state index in [1.165, 1.54) is 12.8 Å². The van der Waals surface area contributed by atoms with Crippen LogP contribution in [-0.2, 0) is 9.53 Å². The Labute approximate surface area is 111 Å². The van der Waals surface area contributed by atoms with E-state index in [9.17, 15) is 9.90 Å². The number of aliphatic hydroxyl groups excluding tert-OH is 1. The first-order valence-electron chi connectivity index (χ1n) is 7.29. The molecule has 0 heterocycles. The standard InChI is InChI=1S/C15H28O3/c1-11(2)15(9-7-5-6-8-10-15)14(17)18-13(4)12(3)16/h11-13,16H,5-10H2,1-4H3. The Morgan fingerprint density at radius 3 is 1.94 bits per heavy atom. The summed E-state index contributed by atoms with van der Waals surface area (Å²) in [6.07, 6.45) is 5.47.